The highest BCUT2D eigenvalue weighted by molar-refractivity contribution is 5.10. The van der Waals surface area contributed by atoms with Crippen LogP contribution in [0.1, 0.15) is 39.8 Å². The lowest BCUT2D eigenvalue weighted by Crippen LogP contribution is -2.30. The molecule has 0 fully saturated rings. The number of hydrogen-bond donors (Lipinski definition) is 2. The minimum Gasteiger partial charge on any atom is -0.348 e. The van der Waals surface area contributed by atoms with Gasteiger partial charge < -0.3 is 10.3 Å². The molecule has 0 amide bonds. The molecule has 3 heteroatoms. The van der Waals surface area contributed by atoms with Crippen molar-refractivity contribution in [3.63, 3.8) is 0 Å². The van der Waals surface area contributed by atoms with Gasteiger partial charge in [-0.3, -0.25) is 0 Å². The monoisotopic (exact) mass is 197 g/mol. The highest BCUT2D eigenvalue weighted by Crippen LogP contribution is 2.18. The van der Waals surface area contributed by atoms with Crippen LogP contribution in [0.3, 0.4) is 0 Å². The van der Waals surface area contributed by atoms with Crippen LogP contribution in [0.2, 0.25) is 0 Å². The highest BCUT2D eigenvalue weighted by atomic mass is 14.9. The van der Waals surface area contributed by atoms with Gasteiger partial charge in [0, 0.05) is 23.9 Å². The van der Waals surface area contributed by atoms with Gasteiger partial charge in [0.05, 0.1) is 6.33 Å². The van der Waals surface area contributed by atoms with E-state index in [1.165, 1.54) is 12.1 Å². The van der Waals surface area contributed by atoms with E-state index in [0.29, 0.717) is 0 Å². The van der Waals surface area contributed by atoms with Gasteiger partial charge in [-0.15, -0.1) is 0 Å². The van der Waals surface area contributed by atoms with Crippen LogP contribution in [0.25, 0.3) is 0 Å². The van der Waals surface area contributed by atoms with Crippen molar-refractivity contribution in [2.45, 2.75) is 39.5 Å². The van der Waals surface area contributed by atoms with Gasteiger partial charge >= 0.3 is 0 Å². The molecular formula is C11H23N3. The van der Waals surface area contributed by atoms with E-state index in [2.05, 4.69) is 43.0 Å². The van der Waals surface area contributed by atoms with Crippen LogP contribution >= 0.6 is 0 Å². The van der Waals surface area contributed by atoms with Gasteiger partial charge in [-0.2, -0.15) is 0 Å². The first-order chi connectivity index (χ1) is 6.58. The summed E-state index contributed by atoms with van der Waals surface area (Å²) in [4.78, 5) is 7.10. The van der Waals surface area contributed by atoms with Crippen molar-refractivity contribution in [2.75, 3.05) is 13.6 Å². The molecule has 0 aliphatic carbocycles. The van der Waals surface area contributed by atoms with E-state index in [1.807, 2.05) is 13.2 Å². The van der Waals surface area contributed by atoms with Crippen molar-refractivity contribution in [3.05, 3.63) is 18.2 Å². The van der Waals surface area contributed by atoms with Crippen molar-refractivity contribution >= 4 is 0 Å². The number of likely N-dealkylation sites (N-methyl/N-ethyl adjacent to an activating group) is 1. The summed E-state index contributed by atoms with van der Waals surface area (Å²) in [5.41, 5.74) is 1.32. The third-order valence-electron chi connectivity index (χ3n) is 1.85. The van der Waals surface area contributed by atoms with Crippen molar-refractivity contribution in [1.82, 2.24) is 15.3 Å². The maximum atomic E-state index is 3.99. The Hall–Kier alpha value is -0.830. The van der Waals surface area contributed by atoms with Crippen LogP contribution in [-0.2, 0) is 5.41 Å². The van der Waals surface area contributed by atoms with E-state index in [1.54, 1.807) is 6.33 Å². The minimum absolute atomic E-state index is 0.144. The van der Waals surface area contributed by atoms with E-state index >= 15 is 0 Å². The minimum atomic E-state index is 0.144. The van der Waals surface area contributed by atoms with Crippen molar-refractivity contribution < 1.29 is 0 Å². The fraction of sp³-hybridized carbons (Fsp3) is 0.727. The molecule has 0 aliphatic rings. The number of aromatic amines is 1. The predicted octanol–water partition coefficient (Wildman–Crippen LogP) is 2.32. The van der Waals surface area contributed by atoms with Gasteiger partial charge in [0.25, 0.3) is 0 Å². The quantitative estimate of drug-likeness (QED) is 0.780. The van der Waals surface area contributed by atoms with Gasteiger partial charge in [0.1, 0.15) is 0 Å². The second-order valence-electron chi connectivity index (χ2n) is 4.09. The van der Waals surface area contributed by atoms with Gasteiger partial charge in [0.2, 0.25) is 0 Å². The summed E-state index contributed by atoms with van der Waals surface area (Å²) in [6, 6.07) is 0. The van der Waals surface area contributed by atoms with E-state index in [-0.39, 0.29) is 5.41 Å². The van der Waals surface area contributed by atoms with Crippen LogP contribution in [0.5, 0.6) is 0 Å². The largest absolute Gasteiger partial charge is 0.348 e. The number of nitrogens with one attached hydrogen (secondary N) is 2. The van der Waals surface area contributed by atoms with Crippen LogP contribution < -0.4 is 5.32 Å². The average molecular weight is 197 g/mol. The molecule has 1 rings (SSSR count). The molecule has 0 unspecified atom stereocenters. The Labute approximate surface area is 87.3 Å². The molecule has 0 saturated heterocycles. The first-order valence-corrected chi connectivity index (χ1v) is 5.22. The molecule has 0 bridgehead atoms. The molecule has 3 nitrogen and oxygen atoms in total. The fourth-order valence-corrected chi connectivity index (χ4v) is 1.16. The van der Waals surface area contributed by atoms with E-state index in [0.717, 1.165) is 6.54 Å². The lowest BCUT2D eigenvalue weighted by molar-refractivity contribution is 0.482. The molecule has 1 aromatic heterocycles. The molecule has 0 atom stereocenters. The Morgan fingerprint density at radius 1 is 1.43 bits per heavy atom. The zero-order valence-corrected chi connectivity index (χ0v) is 10.0. The summed E-state index contributed by atoms with van der Waals surface area (Å²) in [6.07, 6.45) is 4.84. The number of H-pyrrole nitrogens is 1. The topological polar surface area (TPSA) is 40.7 Å². The van der Waals surface area contributed by atoms with E-state index in [4.69, 9.17) is 0 Å². The van der Waals surface area contributed by atoms with Crippen molar-refractivity contribution in [1.29, 1.82) is 0 Å². The summed E-state index contributed by atoms with van der Waals surface area (Å²) in [5.74, 6) is 0. The first kappa shape index (κ1) is 13.2. The Morgan fingerprint density at radius 2 is 2.00 bits per heavy atom. The fourth-order valence-electron chi connectivity index (χ4n) is 1.16. The zero-order chi connectivity index (χ0) is 11.0. The molecule has 0 aromatic carbocycles. The van der Waals surface area contributed by atoms with E-state index in [9.17, 15) is 0 Å². The second kappa shape index (κ2) is 6.60. The maximum Gasteiger partial charge on any atom is 0.0921 e. The molecule has 2 N–H and O–H groups in total. The first-order valence-electron chi connectivity index (χ1n) is 5.22. The Bertz CT molecular complexity index is 214. The lowest BCUT2D eigenvalue weighted by Gasteiger charge is -2.21. The van der Waals surface area contributed by atoms with Gasteiger partial charge in [-0.25, -0.2) is 4.98 Å². The third-order valence-corrected chi connectivity index (χ3v) is 1.85. The number of rotatable bonds is 3. The second-order valence-corrected chi connectivity index (χ2v) is 4.09. The Balaban J connectivity index is 0.000000500. The van der Waals surface area contributed by atoms with Crippen LogP contribution in [0, 0.1) is 0 Å². The van der Waals surface area contributed by atoms with Gasteiger partial charge in [0.15, 0.2) is 0 Å². The number of hydrogen-bond acceptors (Lipinski definition) is 2. The molecule has 1 heterocycles. The van der Waals surface area contributed by atoms with Gasteiger partial charge in [-0.05, 0) is 7.05 Å². The van der Waals surface area contributed by atoms with Crippen molar-refractivity contribution in [2.24, 2.45) is 0 Å². The number of imidazole rings is 1. The Morgan fingerprint density at radius 3 is 2.36 bits per heavy atom. The maximum absolute atomic E-state index is 3.99. The summed E-state index contributed by atoms with van der Waals surface area (Å²) in [5, 5.41) is 3.15. The van der Waals surface area contributed by atoms with Crippen molar-refractivity contribution in [3.8, 4) is 0 Å². The number of nitrogens with zero attached hydrogens (tertiary/aromatic N) is 1. The van der Waals surface area contributed by atoms with Crippen LogP contribution in [-0.4, -0.2) is 23.6 Å². The molecule has 0 radical (unpaired) electrons. The molecular weight excluding hydrogens is 174 g/mol. The molecule has 82 valence electrons. The van der Waals surface area contributed by atoms with Crippen LogP contribution in [0.4, 0.5) is 0 Å². The molecule has 0 aliphatic heterocycles. The molecule has 0 spiro atoms. The summed E-state index contributed by atoms with van der Waals surface area (Å²) in [6.45, 7) is 9.56. The summed E-state index contributed by atoms with van der Waals surface area (Å²) >= 11 is 0. The average Bonchev–Trinajstić information content (AvgIpc) is 2.57. The number of aromatic nitrogens is 2. The van der Waals surface area contributed by atoms with Gasteiger partial charge in [-0.1, -0.05) is 34.1 Å². The normalized spacial score (nSPS) is 10.6. The van der Waals surface area contributed by atoms with E-state index < -0.39 is 0 Å². The predicted molar refractivity (Wildman–Crippen MR) is 61.5 cm³/mol. The molecule has 14 heavy (non-hydrogen) atoms. The lowest BCUT2D eigenvalue weighted by atomic mass is 9.90. The molecule has 1 aromatic rings. The van der Waals surface area contributed by atoms with Crippen LogP contribution in [0.15, 0.2) is 12.5 Å². The zero-order valence-electron chi connectivity index (χ0n) is 10.0. The third kappa shape index (κ3) is 4.42. The SMILES string of the molecule is CCC.CNCC(C)(C)c1cnc[nH]1. The standard InChI is InChI=1S/C8H15N3.C3H8/c1-8(2,5-9-3)7-4-10-6-11-7;1-3-2/h4,6,9H,5H2,1-3H3,(H,10,11);3H2,1-2H3. The highest BCUT2D eigenvalue weighted by Gasteiger charge is 2.20. The summed E-state index contributed by atoms with van der Waals surface area (Å²) in [7, 11) is 1.96. The molecule has 0 saturated carbocycles. The summed E-state index contributed by atoms with van der Waals surface area (Å²) < 4.78 is 0. The Kier molecular flexibility index (Phi) is 6.21. The smallest absolute Gasteiger partial charge is 0.0921 e.